The van der Waals surface area contributed by atoms with Crippen molar-refractivity contribution in [2.24, 2.45) is 0 Å². The number of anilines is 2. The van der Waals surface area contributed by atoms with Gasteiger partial charge >= 0.3 is 0 Å². The Morgan fingerprint density at radius 1 is 1.19 bits per heavy atom. The number of benzene rings is 2. The molecule has 0 spiro atoms. The predicted octanol–water partition coefficient (Wildman–Crippen LogP) is 2.81. The number of rotatable bonds is 5. The lowest BCUT2D eigenvalue weighted by molar-refractivity contribution is -0.117. The Kier molecular flexibility index (Phi) is 5.37. The fourth-order valence-corrected chi connectivity index (χ4v) is 3.40. The molecular weight excluding hydrogens is 352 g/mol. The van der Waals surface area contributed by atoms with Gasteiger partial charge in [0, 0.05) is 52.2 Å². The van der Waals surface area contributed by atoms with E-state index in [-0.39, 0.29) is 11.8 Å². The molecule has 2 aromatic carbocycles. The van der Waals surface area contributed by atoms with Crippen LogP contribution in [-0.2, 0) is 15.6 Å². The van der Waals surface area contributed by atoms with E-state index >= 15 is 0 Å². The zero-order chi connectivity index (χ0) is 18.7. The van der Waals surface area contributed by atoms with Crippen LogP contribution in [0.3, 0.4) is 0 Å². The molecule has 2 aromatic rings. The third-order valence-electron chi connectivity index (χ3n) is 4.25. The first-order valence-electron chi connectivity index (χ1n) is 8.23. The molecule has 0 saturated carbocycles. The summed E-state index contributed by atoms with van der Waals surface area (Å²) in [6, 6.07) is 11.9. The van der Waals surface area contributed by atoms with E-state index in [4.69, 9.17) is 4.74 Å². The Labute approximate surface area is 154 Å². The number of carbonyl (C=O) groups is 2. The lowest BCUT2D eigenvalue weighted by Crippen LogP contribution is -2.24. The first kappa shape index (κ1) is 18.1. The van der Waals surface area contributed by atoms with E-state index in [9.17, 15) is 13.8 Å². The molecule has 2 amide bonds. The van der Waals surface area contributed by atoms with E-state index in [1.54, 1.807) is 53.6 Å². The van der Waals surface area contributed by atoms with Crippen LogP contribution in [0, 0.1) is 0 Å². The monoisotopic (exact) mass is 372 g/mol. The van der Waals surface area contributed by atoms with E-state index in [1.165, 1.54) is 7.11 Å². The molecule has 1 saturated heterocycles. The molecule has 0 aromatic heterocycles. The van der Waals surface area contributed by atoms with E-state index in [2.05, 4.69) is 5.32 Å². The van der Waals surface area contributed by atoms with Crippen molar-refractivity contribution in [3.63, 3.8) is 0 Å². The van der Waals surface area contributed by atoms with Crippen molar-refractivity contribution in [2.75, 3.05) is 30.1 Å². The van der Waals surface area contributed by atoms with Gasteiger partial charge < -0.3 is 15.0 Å². The van der Waals surface area contributed by atoms with Crippen LogP contribution in [0.2, 0.25) is 0 Å². The van der Waals surface area contributed by atoms with Gasteiger partial charge in [-0.05, 0) is 42.8 Å². The van der Waals surface area contributed by atoms with Crippen LogP contribution in [0.1, 0.15) is 23.2 Å². The molecule has 7 heteroatoms. The van der Waals surface area contributed by atoms with Gasteiger partial charge in [-0.25, -0.2) is 0 Å². The van der Waals surface area contributed by atoms with Crippen molar-refractivity contribution in [1.82, 2.24) is 0 Å². The molecule has 0 aliphatic carbocycles. The molecule has 3 rings (SSSR count). The molecule has 1 atom stereocenters. The highest BCUT2D eigenvalue weighted by Gasteiger charge is 2.24. The van der Waals surface area contributed by atoms with Gasteiger partial charge in [0.2, 0.25) is 5.91 Å². The minimum atomic E-state index is -1.08. The molecule has 0 bridgehead atoms. The van der Waals surface area contributed by atoms with Gasteiger partial charge in [-0.2, -0.15) is 0 Å². The molecule has 136 valence electrons. The van der Waals surface area contributed by atoms with E-state index in [0.717, 1.165) is 6.42 Å². The Balaban J connectivity index is 1.78. The summed E-state index contributed by atoms with van der Waals surface area (Å²) in [5.74, 6) is 0.341. The Morgan fingerprint density at radius 2 is 1.92 bits per heavy atom. The Bertz CT molecular complexity index is 864. The number of hydrogen-bond donors (Lipinski definition) is 1. The zero-order valence-electron chi connectivity index (χ0n) is 14.7. The lowest BCUT2D eigenvalue weighted by atomic mass is 10.2. The molecule has 0 radical (unpaired) electrons. The van der Waals surface area contributed by atoms with Crippen LogP contribution < -0.4 is 15.0 Å². The SMILES string of the molecule is COc1cc(NC(=O)c2ccc(S(C)=O)cc2)ccc1N1CCCC1=O. The lowest BCUT2D eigenvalue weighted by Gasteiger charge is -2.19. The summed E-state index contributed by atoms with van der Waals surface area (Å²) < 4.78 is 16.8. The zero-order valence-corrected chi connectivity index (χ0v) is 15.5. The van der Waals surface area contributed by atoms with Crippen molar-refractivity contribution >= 4 is 34.0 Å². The number of carbonyl (C=O) groups excluding carboxylic acids is 2. The topological polar surface area (TPSA) is 75.7 Å². The van der Waals surface area contributed by atoms with Gasteiger partial charge in [-0.3, -0.25) is 13.8 Å². The molecule has 26 heavy (non-hydrogen) atoms. The maximum atomic E-state index is 12.4. The minimum Gasteiger partial charge on any atom is -0.494 e. The highest BCUT2D eigenvalue weighted by molar-refractivity contribution is 7.84. The smallest absolute Gasteiger partial charge is 0.255 e. The second kappa shape index (κ2) is 7.70. The number of nitrogens with zero attached hydrogens (tertiary/aromatic N) is 1. The van der Waals surface area contributed by atoms with Crippen LogP contribution in [0.5, 0.6) is 5.75 Å². The molecule has 1 heterocycles. The van der Waals surface area contributed by atoms with E-state index < -0.39 is 10.8 Å². The maximum absolute atomic E-state index is 12.4. The quantitative estimate of drug-likeness (QED) is 0.876. The molecule has 1 unspecified atom stereocenters. The van der Waals surface area contributed by atoms with Crippen molar-refractivity contribution in [3.8, 4) is 5.75 Å². The summed E-state index contributed by atoms with van der Waals surface area (Å²) in [7, 11) is 0.456. The van der Waals surface area contributed by atoms with Crippen LogP contribution in [0.15, 0.2) is 47.4 Å². The van der Waals surface area contributed by atoms with Crippen molar-refractivity contribution < 1.29 is 18.5 Å². The molecular formula is C19H20N2O4S. The van der Waals surface area contributed by atoms with Gasteiger partial charge in [0.05, 0.1) is 12.8 Å². The van der Waals surface area contributed by atoms with E-state index in [1.807, 2.05) is 0 Å². The van der Waals surface area contributed by atoms with Gasteiger partial charge in [0.25, 0.3) is 5.91 Å². The van der Waals surface area contributed by atoms with Crippen LogP contribution in [0.25, 0.3) is 0 Å². The number of nitrogens with one attached hydrogen (secondary N) is 1. The third kappa shape index (κ3) is 3.77. The Morgan fingerprint density at radius 3 is 2.50 bits per heavy atom. The minimum absolute atomic E-state index is 0.0773. The fourth-order valence-electron chi connectivity index (χ4n) is 2.88. The second-order valence-corrected chi connectivity index (χ2v) is 7.35. The average Bonchev–Trinajstić information content (AvgIpc) is 3.07. The van der Waals surface area contributed by atoms with Crippen LogP contribution in [-0.4, -0.2) is 35.9 Å². The van der Waals surface area contributed by atoms with Crippen molar-refractivity contribution in [2.45, 2.75) is 17.7 Å². The van der Waals surface area contributed by atoms with Crippen LogP contribution in [0.4, 0.5) is 11.4 Å². The molecule has 1 aliphatic rings. The summed E-state index contributed by atoms with van der Waals surface area (Å²) in [5.41, 5.74) is 1.75. The number of ether oxygens (including phenoxy) is 1. The van der Waals surface area contributed by atoms with Crippen molar-refractivity contribution in [1.29, 1.82) is 0 Å². The predicted molar refractivity (Wildman–Crippen MR) is 101 cm³/mol. The summed E-state index contributed by atoms with van der Waals surface area (Å²) in [4.78, 5) is 26.7. The number of hydrogen-bond acceptors (Lipinski definition) is 4. The summed E-state index contributed by atoms with van der Waals surface area (Å²) in [5, 5.41) is 2.81. The molecule has 1 N–H and O–H groups in total. The first-order chi connectivity index (χ1) is 12.5. The standard InChI is InChI=1S/C19H20N2O4S/c1-25-17-12-14(7-10-16(17)21-11-3-4-18(21)22)20-19(23)13-5-8-15(9-6-13)26(2)24/h5-10,12H,3-4,11H2,1-2H3,(H,20,23). The average molecular weight is 372 g/mol. The molecule has 1 aliphatic heterocycles. The third-order valence-corrected chi connectivity index (χ3v) is 5.19. The summed E-state index contributed by atoms with van der Waals surface area (Å²) >= 11 is 0. The first-order valence-corrected chi connectivity index (χ1v) is 9.78. The highest BCUT2D eigenvalue weighted by atomic mass is 32.2. The van der Waals surface area contributed by atoms with E-state index in [0.29, 0.717) is 40.5 Å². The van der Waals surface area contributed by atoms with Gasteiger partial charge in [-0.15, -0.1) is 0 Å². The molecule has 1 fully saturated rings. The van der Waals surface area contributed by atoms with Gasteiger partial charge in [0.15, 0.2) is 0 Å². The number of methoxy groups -OCH3 is 1. The van der Waals surface area contributed by atoms with Gasteiger partial charge in [0.1, 0.15) is 5.75 Å². The normalized spacial score (nSPS) is 15.0. The van der Waals surface area contributed by atoms with Gasteiger partial charge in [-0.1, -0.05) is 0 Å². The van der Waals surface area contributed by atoms with Crippen molar-refractivity contribution in [3.05, 3.63) is 48.0 Å². The summed E-state index contributed by atoms with van der Waals surface area (Å²) in [6.45, 7) is 0.673. The largest absolute Gasteiger partial charge is 0.494 e. The second-order valence-electron chi connectivity index (χ2n) is 5.97. The van der Waals surface area contributed by atoms with Crippen LogP contribution >= 0.6 is 0 Å². The number of amides is 2. The Hall–Kier alpha value is -2.67. The maximum Gasteiger partial charge on any atom is 0.255 e. The summed E-state index contributed by atoms with van der Waals surface area (Å²) in [6.07, 6.45) is 2.97. The molecule has 6 nitrogen and oxygen atoms in total. The fraction of sp³-hybridized carbons (Fsp3) is 0.263. The highest BCUT2D eigenvalue weighted by Crippen LogP contribution is 2.33.